The summed E-state index contributed by atoms with van der Waals surface area (Å²) in [6.07, 6.45) is 3.36. The number of rotatable bonds is 1. The average molecular weight is 158 g/mol. The molecule has 0 saturated carbocycles. The molecule has 0 bridgehead atoms. The van der Waals surface area contributed by atoms with Crippen molar-refractivity contribution in [1.82, 2.24) is 0 Å². The van der Waals surface area contributed by atoms with Crippen LogP contribution in [0.4, 0.5) is 0 Å². The van der Waals surface area contributed by atoms with E-state index in [0.29, 0.717) is 0 Å². The standard InChI is InChI=1S/C8H14OS/c1-5-6-7(9)10-8(2,3)4/h5-6H,1-4H3/b6-5-. The molecular weight excluding hydrogens is 144 g/mol. The monoisotopic (exact) mass is 158 g/mol. The Balaban J connectivity index is 3.81. The summed E-state index contributed by atoms with van der Waals surface area (Å²) in [6, 6.07) is 0. The molecule has 0 aromatic carbocycles. The molecule has 0 aromatic heterocycles. The molecule has 0 atom stereocenters. The predicted octanol–water partition coefficient (Wildman–Crippen LogP) is 2.62. The van der Waals surface area contributed by atoms with Crippen LogP contribution in [0.2, 0.25) is 0 Å². The zero-order valence-corrected chi connectivity index (χ0v) is 7.79. The summed E-state index contributed by atoms with van der Waals surface area (Å²) in [5.74, 6) is 0. The van der Waals surface area contributed by atoms with E-state index in [-0.39, 0.29) is 9.86 Å². The highest BCUT2D eigenvalue weighted by molar-refractivity contribution is 8.15. The summed E-state index contributed by atoms with van der Waals surface area (Å²) in [5, 5.41) is 0.134. The molecule has 0 saturated heterocycles. The molecule has 0 aliphatic rings. The highest BCUT2D eigenvalue weighted by Gasteiger charge is 2.13. The van der Waals surface area contributed by atoms with Gasteiger partial charge in [0.15, 0.2) is 0 Å². The lowest BCUT2D eigenvalue weighted by Gasteiger charge is -2.13. The molecule has 0 radical (unpaired) electrons. The molecule has 0 heterocycles. The van der Waals surface area contributed by atoms with Crippen molar-refractivity contribution in [2.24, 2.45) is 0 Å². The van der Waals surface area contributed by atoms with Gasteiger partial charge in [-0.05, 0) is 13.0 Å². The van der Waals surface area contributed by atoms with Gasteiger partial charge in [0.05, 0.1) is 0 Å². The van der Waals surface area contributed by atoms with E-state index in [1.54, 1.807) is 12.2 Å². The number of allylic oxidation sites excluding steroid dienone is 1. The predicted molar refractivity (Wildman–Crippen MR) is 47.2 cm³/mol. The third kappa shape index (κ3) is 5.89. The topological polar surface area (TPSA) is 17.1 Å². The molecule has 0 rings (SSSR count). The van der Waals surface area contributed by atoms with Crippen LogP contribution in [0.15, 0.2) is 12.2 Å². The maximum absolute atomic E-state index is 10.9. The molecule has 0 aliphatic heterocycles. The van der Waals surface area contributed by atoms with Gasteiger partial charge in [-0.15, -0.1) is 0 Å². The first-order chi connectivity index (χ1) is 4.45. The van der Waals surface area contributed by atoms with Crippen LogP contribution >= 0.6 is 11.8 Å². The second-order valence-corrected chi connectivity index (χ2v) is 4.86. The second-order valence-electron chi connectivity index (χ2n) is 3.03. The summed E-state index contributed by atoms with van der Waals surface area (Å²) in [7, 11) is 0. The molecule has 0 amide bonds. The Hall–Kier alpha value is -0.240. The summed E-state index contributed by atoms with van der Waals surface area (Å²) in [5.41, 5.74) is 0. The largest absolute Gasteiger partial charge is 0.282 e. The van der Waals surface area contributed by atoms with E-state index in [2.05, 4.69) is 0 Å². The number of hydrogen-bond acceptors (Lipinski definition) is 2. The van der Waals surface area contributed by atoms with Crippen molar-refractivity contribution < 1.29 is 4.79 Å². The van der Waals surface area contributed by atoms with Crippen LogP contribution in [-0.2, 0) is 4.79 Å². The van der Waals surface area contributed by atoms with Crippen molar-refractivity contribution in [1.29, 1.82) is 0 Å². The quantitative estimate of drug-likeness (QED) is 0.546. The molecule has 10 heavy (non-hydrogen) atoms. The number of carbonyl (C=O) groups is 1. The minimum absolute atomic E-state index is 0.0383. The first-order valence-corrected chi connectivity index (χ1v) is 4.13. The van der Waals surface area contributed by atoms with Gasteiger partial charge in [-0.3, -0.25) is 4.79 Å². The van der Waals surface area contributed by atoms with Crippen molar-refractivity contribution in [3.05, 3.63) is 12.2 Å². The van der Waals surface area contributed by atoms with E-state index in [0.717, 1.165) is 0 Å². The summed E-state index contributed by atoms with van der Waals surface area (Å²) >= 11 is 1.36. The second kappa shape index (κ2) is 3.81. The Kier molecular flexibility index (Phi) is 3.72. The van der Waals surface area contributed by atoms with E-state index < -0.39 is 0 Å². The fourth-order valence-electron chi connectivity index (χ4n) is 0.472. The summed E-state index contributed by atoms with van der Waals surface area (Å²) in [4.78, 5) is 10.9. The normalized spacial score (nSPS) is 12.4. The maximum atomic E-state index is 10.9. The smallest absolute Gasteiger partial charge is 0.212 e. The Labute approximate surface area is 66.9 Å². The highest BCUT2D eigenvalue weighted by atomic mass is 32.2. The van der Waals surface area contributed by atoms with Gasteiger partial charge in [0, 0.05) is 4.75 Å². The lowest BCUT2D eigenvalue weighted by molar-refractivity contribution is -0.107. The van der Waals surface area contributed by atoms with Crippen LogP contribution in [0, 0.1) is 0 Å². The average Bonchev–Trinajstić information content (AvgIpc) is 1.59. The van der Waals surface area contributed by atoms with Crippen LogP contribution in [0.5, 0.6) is 0 Å². The van der Waals surface area contributed by atoms with Crippen molar-refractivity contribution in [2.75, 3.05) is 0 Å². The van der Waals surface area contributed by atoms with Crippen molar-refractivity contribution >= 4 is 16.9 Å². The van der Waals surface area contributed by atoms with Crippen LogP contribution in [-0.4, -0.2) is 9.86 Å². The fourth-order valence-corrected chi connectivity index (χ4v) is 1.28. The molecular formula is C8H14OS. The van der Waals surface area contributed by atoms with Crippen molar-refractivity contribution in [3.63, 3.8) is 0 Å². The first kappa shape index (κ1) is 9.76. The molecule has 0 N–H and O–H groups in total. The van der Waals surface area contributed by atoms with E-state index in [1.807, 2.05) is 27.7 Å². The lowest BCUT2D eigenvalue weighted by atomic mass is 10.3. The van der Waals surface area contributed by atoms with Gasteiger partial charge in [0.25, 0.3) is 0 Å². The van der Waals surface area contributed by atoms with Crippen LogP contribution in [0.3, 0.4) is 0 Å². The molecule has 0 aliphatic carbocycles. The molecule has 0 unspecified atom stereocenters. The van der Waals surface area contributed by atoms with Gasteiger partial charge in [-0.2, -0.15) is 0 Å². The zero-order chi connectivity index (χ0) is 8.20. The Morgan fingerprint density at radius 1 is 1.40 bits per heavy atom. The Morgan fingerprint density at radius 2 is 1.90 bits per heavy atom. The van der Waals surface area contributed by atoms with E-state index in [4.69, 9.17) is 0 Å². The van der Waals surface area contributed by atoms with Crippen molar-refractivity contribution in [2.45, 2.75) is 32.4 Å². The van der Waals surface area contributed by atoms with Gasteiger partial charge in [0.1, 0.15) is 0 Å². The van der Waals surface area contributed by atoms with Gasteiger partial charge in [0.2, 0.25) is 5.12 Å². The number of thioether (sulfide) groups is 1. The van der Waals surface area contributed by atoms with Crippen LogP contribution in [0.25, 0.3) is 0 Å². The molecule has 2 heteroatoms. The molecule has 1 nitrogen and oxygen atoms in total. The van der Waals surface area contributed by atoms with E-state index in [1.165, 1.54) is 11.8 Å². The molecule has 0 fully saturated rings. The van der Waals surface area contributed by atoms with Gasteiger partial charge >= 0.3 is 0 Å². The fraction of sp³-hybridized carbons (Fsp3) is 0.625. The SMILES string of the molecule is C/C=C\C(=O)SC(C)(C)C. The third-order valence-corrected chi connectivity index (χ3v) is 1.66. The van der Waals surface area contributed by atoms with Gasteiger partial charge in [-0.25, -0.2) is 0 Å². The third-order valence-electron chi connectivity index (χ3n) is 0.710. The number of carbonyl (C=O) groups excluding carboxylic acids is 1. The number of hydrogen-bond donors (Lipinski definition) is 0. The van der Waals surface area contributed by atoms with Gasteiger partial charge < -0.3 is 0 Å². The first-order valence-electron chi connectivity index (χ1n) is 3.31. The summed E-state index contributed by atoms with van der Waals surface area (Å²) in [6.45, 7) is 7.93. The van der Waals surface area contributed by atoms with Crippen molar-refractivity contribution in [3.8, 4) is 0 Å². The Morgan fingerprint density at radius 3 is 2.20 bits per heavy atom. The van der Waals surface area contributed by atoms with Crippen LogP contribution < -0.4 is 0 Å². The highest BCUT2D eigenvalue weighted by Crippen LogP contribution is 2.23. The summed E-state index contributed by atoms with van der Waals surface area (Å²) < 4.78 is 0.0383. The Bertz CT molecular complexity index is 142. The van der Waals surface area contributed by atoms with Gasteiger partial charge in [-0.1, -0.05) is 38.6 Å². The maximum Gasteiger partial charge on any atom is 0.212 e. The molecule has 0 spiro atoms. The molecule has 58 valence electrons. The minimum atomic E-state index is 0.0383. The van der Waals surface area contributed by atoms with E-state index in [9.17, 15) is 4.79 Å². The molecule has 0 aromatic rings. The lowest BCUT2D eigenvalue weighted by Crippen LogP contribution is -2.10. The zero-order valence-electron chi connectivity index (χ0n) is 6.97. The van der Waals surface area contributed by atoms with E-state index >= 15 is 0 Å². The minimum Gasteiger partial charge on any atom is -0.282 e. The van der Waals surface area contributed by atoms with Crippen LogP contribution in [0.1, 0.15) is 27.7 Å².